The van der Waals surface area contributed by atoms with Gasteiger partial charge in [-0.1, -0.05) is 19.1 Å². The van der Waals surface area contributed by atoms with Gasteiger partial charge in [0.25, 0.3) is 15.9 Å². The van der Waals surface area contributed by atoms with Crippen molar-refractivity contribution in [1.82, 2.24) is 0 Å². The maximum atomic E-state index is 13.6. The zero-order chi connectivity index (χ0) is 30.2. The van der Waals surface area contributed by atoms with Crippen molar-refractivity contribution in [3.63, 3.8) is 0 Å². The highest BCUT2D eigenvalue weighted by Crippen LogP contribution is 2.42. The average molecular weight is 571 g/mol. The second kappa shape index (κ2) is 10.9. The number of allylic oxidation sites excluding steroid dienone is 1. The number of benzene rings is 2. The lowest BCUT2D eigenvalue weighted by atomic mass is 9.97. The molecular formula is C29H34N2O8S. The van der Waals surface area contributed by atoms with Gasteiger partial charge >= 0.3 is 11.9 Å². The Morgan fingerprint density at radius 2 is 1.48 bits per heavy atom. The first-order valence-corrected chi connectivity index (χ1v) is 14.2. The smallest absolute Gasteiger partial charge is 0.338 e. The van der Waals surface area contributed by atoms with Gasteiger partial charge in [0.2, 0.25) is 0 Å². The van der Waals surface area contributed by atoms with Gasteiger partial charge in [-0.05, 0) is 78.8 Å². The number of sulfonamides is 1. The van der Waals surface area contributed by atoms with Crippen molar-refractivity contribution in [3.05, 3.63) is 59.4 Å². The number of amides is 1. The highest BCUT2D eigenvalue weighted by atomic mass is 32.2. The van der Waals surface area contributed by atoms with Gasteiger partial charge in [-0.15, -0.1) is 5.06 Å². The van der Waals surface area contributed by atoms with Crippen molar-refractivity contribution >= 4 is 50.6 Å². The Morgan fingerprint density at radius 3 is 1.98 bits per heavy atom. The van der Waals surface area contributed by atoms with Crippen LogP contribution in [0.4, 0.5) is 11.4 Å². The predicted molar refractivity (Wildman–Crippen MR) is 149 cm³/mol. The molecule has 40 heavy (non-hydrogen) atoms. The van der Waals surface area contributed by atoms with Crippen molar-refractivity contribution in [3.8, 4) is 0 Å². The van der Waals surface area contributed by atoms with Gasteiger partial charge in [0.15, 0.2) is 5.78 Å². The molecule has 0 atom stereocenters. The number of anilines is 2. The second-order valence-corrected chi connectivity index (χ2v) is 13.1. The molecule has 2 aromatic rings. The highest BCUT2D eigenvalue weighted by molar-refractivity contribution is 7.92. The quantitative estimate of drug-likeness (QED) is 0.206. The molecule has 0 saturated carbocycles. The van der Waals surface area contributed by atoms with Gasteiger partial charge in [-0.2, -0.15) is 0 Å². The van der Waals surface area contributed by atoms with E-state index in [0.29, 0.717) is 11.1 Å². The monoisotopic (exact) mass is 570 g/mol. The van der Waals surface area contributed by atoms with Gasteiger partial charge < -0.3 is 9.57 Å². The number of ketones is 1. The number of ether oxygens (including phenoxy) is 1. The van der Waals surface area contributed by atoms with Crippen LogP contribution in [0.1, 0.15) is 77.7 Å². The number of carbonyl (C=O) groups is 4. The molecule has 0 bridgehead atoms. The van der Waals surface area contributed by atoms with Crippen LogP contribution in [0.2, 0.25) is 0 Å². The van der Waals surface area contributed by atoms with Crippen molar-refractivity contribution in [2.75, 3.05) is 9.79 Å². The van der Waals surface area contributed by atoms with Crippen LogP contribution in [-0.4, -0.2) is 32.0 Å². The van der Waals surface area contributed by atoms with Gasteiger partial charge in [0, 0.05) is 17.5 Å². The minimum atomic E-state index is -4.07. The minimum Gasteiger partial charge on any atom is -0.430 e. The first-order chi connectivity index (χ1) is 18.4. The summed E-state index contributed by atoms with van der Waals surface area (Å²) in [5.41, 5.74) is -0.902. The van der Waals surface area contributed by atoms with E-state index in [9.17, 15) is 27.6 Å². The van der Waals surface area contributed by atoms with Crippen molar-refractivity contribution in [2.45, 2.75) is 66.7 Å². The number of carbonyl (C=O) groups excluding carboxylic acids is 4. The molecular weight excluding hydrogens is 536 g/mol. The van der Waals surface area contributed by atoms with Gasteiger partial charge in [-0.25, -0.2) is 13.2 Å². The van der Waals surface area contributed by atoms with E-state index in [1.54, 1.807) is 48.5 Å². The average Bonchev–Trinajstić information content (AvgIpc) is 3.11. The summed E-state index contributed by atoms with van der Waals surface area (Å²) in [6.07, 6.45) is 0.189. The normalized spacial score (nSPS) is 14.9. The molecule has 0 aromatic heterocycles. The lowest BCUT2D eigenvalue weighted by Crippen LogP contribution is -2.35. The van der Waals surface area contributed by atoms with Crippen LogP contribution < -0.4 is 9.79 Å². The largest absolute Gasteiger partial charge is 0.430 e. The fourth-order valence-corrected chi connectivity index (χ4v) is 4.58. The zero-order valence-corrected chi connectivity index (χ0v) is 24.7. The number of rotatable bonds is 7. The number of nitrogens with one attached hydrogen (secondary N) is 1. The Bertz CT molecular complexity index is 1510. The van der Waals surface area contributed by atoms with Gasteiger partial charge in [0.1, 0.15) is 5.76 Å². The molecule has 1 aliphatic heterocycles. The maximum Gasteiger partial charge on any atom is 0.338 e. The van der Waals surface area contributed by atoms with Crippen LogP contribution in [0.5, 0.6) is 0 Å². The summed E-state index contributed by atoms with van der Waals surface area (Å²) in [4.78, 5) is 55.9. The summed E-state index contributed by atoms with van der Waals surface area (Å²) in [6, 6.07) is 9.74. The van der Waals surface area contributed by atoms with Gasteiger partial charge in [-0.3, -0.25) is 19.1 Å². The summed E-state index contributed by atoms with van der Waals surface area (Å²) in [7, 11) is -4.07. The lowest BCUT2D eigenvalue weighted by Gasteiger charge is -2.22. The SMILES string of the molecule is CC/C(OC(=O)C(C)(C)C)=C1/C(=O)N(OC(=O)C(C)(C)C)c2cc(NS(=O)(=O)c3ccc(C(C)=O)cc3)ccc21. The topological polar surface area (TPSA) is 136 Å². The molecule has 10 nitrogen and oxygen atoms in total. The molecule has 0 spiro atoms. The predicted octanol–water partition coefficient (Wildman–Crippen LogP) is 5.25. The molecule has 1 N–H and O–H groups in total. The van der Waals surface area contributed by atoms with Crippen molar-refractivity contribution < 1.29 is 37.2 Å². The molecule has 214 valence electrons. The fourth-order valence-electron chi connectivity index (χ4n) is 3.53. The van der Waals surface area contributed by atoms with E-state index in [4.69, 9.17) is 9.57 Å². The van der Waals surface area contributed by atoms with Crippen LogP contribution >= 0.6 is 0 Å². The number of fused-ring (bicyclic) bond motifs is 1. The third-order valence-electron chi connectivity index (χ3n) is 5.92. The highest BCUT2D eigenvalue weighted by Gasteiger charge is 2.41. The van der Waals surface area contributed by atoms with E-state index >= 15 is 0 Å². The Kier molecular flexibility index (Phi) is 8.31. The van der Waals surface area contributed by atoms with Gasteiger partial charge in [0.05, 0.1) is 32.7 Å². The maximum absolute atomic E-state index is 13.6. The van der Waals surface area contributed by atoms with E-state index in [2.05, 4.69) is 4.72 Å². The first kappa shape index (κ1) is 30.6. The van der Waals surface area contributed by atoms with Crippen LogP contribution in [0.25, 0.3) is 5.57 Å². The molecule has 0 saturated heterocycles. The third kappa shape index (κ3) is 6.41. The summed E-state index contributed by atoms with van der Waals surface area (Å²) in [5, 5.41) is 0.790. The standard InChI is InChI=1S/C29H34N2O8S/c1-9-23(38-26(34)28(3,4)5)24-21-15-12-19(16-22(21)31(25(24)33)39-27(35)29(6,7)8)30-40(36,37)20-13-10-18(11-14-20)17(2)32/h10-16,30H,9H2,1-8H3/b24-23-. The van der Waals surface area contributed by atoms with Crippen LogP contribution in [0, 0.1) is 10.8 Å². The number of hydrogen-bond donors (Lipinski definition) is 1. The van der Waals surface area contributed by atoms with Crippen LogP contribution in [0.3, 0.4) is 0 Å². The summed E-state index contributed by atoms with van der Waals surface area (Å²) >= 11 is 0. The molecule has 3 rings (SSSR count). The summed E-state index contributed by atoms with van der Waals surface area (Å²) in [5.74, 6) is -2.08. The summed E-state index contributed by atoms with van der Waals surface area (Å²) in [6.45, 7) is 13.0. The van der Waals surface area contributed by atoms with E-state index in [1.807, 2.05) is 0 Å². The second-order valence-electron chi connectivity index (χ2n) is 11.4. The molecule has 1 heterocycles. The van der Waals surface area contributed by atoms with Crippen molar-refractivity contribution in [1.29, 1.82) is 0 Å². The minimum absolute atomic E-state index is 0.0334. The molecule has 0 fully saturated rings. The Balaban J connectivity index is 2.09. The van der Waals surface area contributed by atoms with E-state index in [1.165, 1.54) is 49.4 Å². The molecule has 11 heteroatoms. The number of hydroxylamine groups is 1. The Morgan fingerprint density at radius 1 is 0.900 bits per heavy atom. The number of Topliss-reactive ketones (excluding diaryl/α,β-unsaturated/α-hetero) is 1. The lowest BCUT2D eigenvalue weighted by molar-refractivity contribution is -0.157. The fraction of sp³-hybridized carbons (Fsp3) is 0.379. The summed E-state index contributed by atoms with van der Waals surface area (Å²) < 4.78 is 34.1. The number of nitrogens with zero attached hydrogens (tertiary/aromatic N) is 1. The van der Waals surface area contributed by atoms with E-state index in [0.717, 1.165) is 5.06 Å². The van der Waals surface area contributed by atoms with E-state index in [-0.39, 0.29) is 39.8 Å². The van der Waals surface area contributed by atoms with Crippen LogP contribution in [-0.2, 0) is 34.0 Å². The van der Waals surface area contributed by atoms with E-state index < -0.39 is 38.7 Å². The number of esters is 1. The Hall–Kier alpha value is -3.99. The molecule has 0 unspecified atom stereocenters. The number of hydrogen-bond acceptors (Lipinski definition) is 8. The zero-order valence-electron chi connectivity index (χ0n) is 23.9. The third-order valence-corrected chi connectivity index (χ3v) is 7.32. The first-order valence-electron chi connectivity index (χ1n) is 12.7. The molecule has 0 radical (unpaired) electrons. The Labute approximate surface area is 234 Å². The van der Waals surface area contributed by atoms with Crippen LogP contribution in [0.15, 0.2) is 53.1 Å². The molecule has 1 amide bonds. The van der Waals surface area contributed by atoms with Crippen molar-refractivity contribution in [2.24, 2.45) is 10.8 Å². The molecule has 1 aliphatic rings. The molecule has 2 aromatic carbocycles. The molecule has 0 aliphatic carbocycles.